The molecule has 2 saturated heterocycles. The molecule has 0 aromatic carbocycles. The van der Waals surface area contributed by atoms with Crippen molar-refractivity contribution < 1.29 is 4.74 Å². The zero-order valence-electron chi connectivity index (χ0n) is 16.4. The quantitative estimate of drug-likeness (QED) is 0.777. The fourth-order valence-corrected chi connectivity index (χ4v) is 4.42. The predicted octanol–water partition coefficient (Wildman–Crippen LogP) is 1.46. The lowest BCUT2D eigenvalue weighted by atomic mass is 9.85. The summed E-state index contributed by atoms with van der Waals surface area (Å²) < 4.78 is 7.40. The molecule has 1 aromatic rings. The Morgan fingerprint density at radius 1 is 1.28 bits per heavy atom. The number of likely N-dealkylation sites (N-methyl/N-ethyl adjacent to an activating group) is 1. The van der Waals surface area contributed by atoms with Gasteiger partial charge in [-0.25, -0.2) is 0 Å². The first-order valence-corrected chi connectivity index (χ1v) is 9.73. The summed E-state index contributed by atoms with van der Waals surface area (Å²) in [5.41, 5.74) is 1.36. The van der Waals surface area contributed by atoms with Crippen LogP contribution < -0.4 is 0 Å². The lowest BCUT2D eigenvalue weighted by Gasteiger charge is -2.42. The first-order chi connectivity index (χ1) is 12.0. The molecular weight excluding hydrogens is 314 g/mol. The SMILES string of the molecule is C[C@@H](CN1CCOCC1)N(C)C[C@@H]1CCCN(C)[C@H]1c1cnn(C)c1. The monoisotopic (exact) mass is 349 g/mol. The van der Waals surface area contributed by atoms with Gasteiger partial charge < -0.3 is 9.64 Å². The van der Waals surface area contributed by atoms with Crippen molar-refractivity contribution in [2.75, 3.05) is 60.0 Å². The Bertz CT molecular complexity index is 528. The Balaban J connectivity index is 1.60. The Morgan fingerprint density at radius 3 is 2.72 bits per heavy atom. The van der Waals surface area contributed by atoms with E-state index in [0.29, 0.717) is 18.0 Å². The summed E-state index contributed by atoms with van der Waals surface area (Å²) in [6.07, 6.45) is 6.84. The molecule has 6 heteroatoms. The summed E-state index contributed by atoms with van der Waals surface area (Å²) >= 11 is 0. The van der Waals surface area contributed by atoms with Gasteiger partial charge in [-0.15, -0.1) is 0 Å². The van der Waals surface area contributed by atoms with E-state index in [9.17, 15) is 0 Å². The van der Waals surface area contributed by atoms with Crippen LogP contribution in [0.15, 0.2) is 12.4 Å². The van der Waals surface area contributed by atoms with Crippen LogP contribution in [0.25, 0.3) is 0 Å². The van der Waals surface area contributed by atoms with Gasteiger partial charge in [-0.1, -0.05) is 0 Å². The van der Waals surface area contributed by atoms with Crippen molar-refractivity contribution in [3.05, 3.63) is 18.0 Å². The van der Waals surface area contributed by atoms with E-state index in [-0.39, 0.29) is 0 Å². The van der Waals surface area contributed by atoms with Crippen LogP contribution in [0.3, 0.4) is 0 Å². The fourth-order valence-electron chi connectivity index (χ4n) is 4.42. The third kappa shape index (κ3) is 4.82. The van der Waals surface area contributed by atoms with Crippen molar-refractivity contribution in [1.29, 1.82) is 0 Å². The highest BCUT2D eigenvalue weighted by atomic mass is 16.5. The number of hydrogen-bond acceptors (Lipinski definition) is 5. The van der Waals surface area contributed by atoms with Crippen LogP contribution in [-0.4, -0.2) is 90.6 Å². The van der Waals surface area contributed by atoms with E-state index in [2.05, 4.69) is 53.2 Å². The molecule has 3 heterocycles. The largest absolute Gasteiger partial charge is 0.379 e. The highest BCUT2D eigenvalue weighted by Crippen LogP contribution is 2.35. The normalized spacial score (nSPS) is 27.7. The second-order valence-electron chi connectivity index (χ2n) is 7.98. The summed E-state index contributed by atoms with van der Waals surface area (Å²) in [6, 6.07) is 1.06. The fraction of sp³-hybridized carbons (Fsp3) is 0.842. The maximum atomic E-state index is 5.47. The molecule has 3 atom stereocenters. The van der Waals surface area contributed by atoms with Crippen LogP contribution in [0.4, 0.5) is 0 Å². The van der Waals surface area contributed by atoms with Crippen LogP contribution in [0, 0.1) is 5.92 Å². The highest BCUT2D eigenvalue weighted by molar-refractivity contribution is 5.13. The number of nitrogens with zero attached hydrogens (tertiary/aromatic N) is 5. The van der Waals surface area contributed by atoms with Gasteiger partial charge in [-0.2, -0.15) is 5.10 Å². The minimum Gasteiger partial charge on any atom is -0.379 e. The third-order valence-corrected chi connectivity index (χ3v) is 5.97. The number of likely N-dealkylation sites (tertiary alicyclic amines) is 1. The van der Waals surface area contributed by atoms with Crippen molar-refractivity contribution in [2.24, 2.45) is 13.0 Å². The molecule has 1 aromatic heterocycles. The van der Waals surface area contributed by atoms with Gasteiger partial charge >= 0.3 is 0 Å². The van der Waals surface area contributed by atoms with Crippen LogP contribution in [0.2, 0.25) is 0 Å². The summed E-state index contributed by atoms with van der Waals surface area (Å²) in [7, 11) is 6.57. The number of piperidine rings is 1. The minimum atomic E-state index is 0.487. The Morgan fingerprint density at radius 2 is 2.04 bits per heavy atom. The summed E-state index contributed by atoms with van der Waals surface area (Å²) in [5, 5.41) is 4.41. The molecule has 0 spiro atoms. The minimum absolute atomic E-state index is 0.487. The molecule has 25 heavy (non-hydrogen) atoms. The van der Waals surface area contributed by atoms with Crippen molar-refractivity contribution >= 4 is 0 Å². The number of hydrogen-bond donors (Lipinski definition) is 0. The van der Waals surface area contributed by atoms with Gasteiger partial charge in [0.15, 0.2) is 0 Å². The number of ether oxygens (including phenoxy) is 1. The zero-order valence-corrected chi connectivity index (χ0v) is 16.4. The molecular formula is C19H35N5O. The summed E-state index contributed by atoms with van der Waals surface area (Å²) in [5.74, 6) is 0.667. The van der Waals surface area contributed by atoms with Crippen LogP contribution in [0.5, 0.6) is 0 Å². The van der Waals surface area contributed by atoms with E-state index in [4.69, 9.17) is 4.74 Å². The van der Waals surface area contributed by atoms with Crippen LogP contribution in [0.1, 0.15) is 31.4 Å². The van der Waals surface area contributed by atoms with Gasteiger partial charge in [0, 0.05) is 57.1 Å². The summed E-state index contributed by atoms with van der Waals surface area (Å²) in [4.78, 5) is 7.62. The molecule has 2 aliphatic rings. The van der Waals surface area contributed by atoms with Crippen molar-refractivity contribution in [3.8, 4) is 0 Å². The molecule has 2 aliphatic heterocycles. The molecule has 2 fully saturated rings. The first-order valence-electron chi connectivity index (χ1n) is 9.73. The third-order valence-electron chi connectivity index (χ3n) is 5.97. The maximum absolute atomic E-state index is 5.47. The van der Waals surface area contributed by atoms with Gasteiger partial charge in [0.05, 0.1) is 19.4 Å². The number of aromatic nitrogens is 2. The smallest absolute Gasteiger partial charge is 0.0594 e. The molecule has 0 radical (unpaired) electrons. The first kappa shape index (κ1) is 18.8. The number of morpholine rings is 1. The van der Waals surface area contributed by atoms with Gasteiger partial charge in [-0.3, -0.25) is 14.5 Å². The van der Waals surface area contributed by atoms with Crippen molar-refractivity contribution in [2.45, 2.75) is 31.8 Å². The lowest BCUT2D eigenvalue weighted by molar-refractivity contribution is 0.0215. The molecule has 0 unspecified atom stereocenters. The summed E-state index contributed by atoms with van der Waals surface area (Å²) in [6.45, 7) is 9.74. The Kier molecular flexibility index (Phi) is 6.49. The van der Waals surface area contributed by atoms with Gasteiger partial charge in [0.25, 0.3) is 0 Å². The maximum Gasteiger partial charge on any atom is 0.0594 e. The Labute approximate surface area is 152 Å². The molecule has 6 nitrogen and oxygen atoms in total. The van der Waals surface area contributed by atoms with E-state index < -0.39 is 0 Å². The van der Waals surface area contributed by atoms with E-state index in [1.54, 1.807) is 0 Å². The van der Waals surface area contributed by atoms with Gasteiger partial charge in [0.1, 0.15) is 0 Å². The Hall–Kier alpha value is -0.950. The topological polar surface area (TPSA) is 36.8 Å². The van der Waals surface area contributed by atoms with E-state index in [1.807, 2.05) is 11.7 Å². The predicted molar refractivity (Wildman–Crippen MR) is 101 cm³/mol. The average molecular weight is 350 g/mol. The molecule has 0 amide bonds. The average Bonchev–Trinajstić information content (AvgIpc) is 3.01. The van der Waals surface area contributed by atoms with Crippen LogP contribution >= 0.6 is 0 Å². The van der Waals surface area contributed by atoms with Gasteiger partial charge in [0.2, 0.25) is 0 Å². The highest BCUT2D eigenvalue weighted by Gasteiger charge is 2.32. The van der Waals surface area contributed by atoms with E-state index in [1.165, 1.54) is 24.9 Å². The number of aryl methyl sites for hydroxylation is 1. The molecule has 142 valence electrons. The molecule has 0 N–H and O–H groups in total. The van der Waals surface area contributed by atoms with Crippen molar-refractivity contribution in [3.63, 3.8) is 0 Å². The molecule has 0 saturated carbocycles. The van der Waals surface area contributed by atoms with Crippen molar-refractivity contribution in [1.82, 2.24) is 24.5 Å². The van der Waals surface area contributed by atoms with E-state index >= 15 is 0 Å². The lowest BCUT2D eigenvalue weighted by Crippen LogP contribution is -2.48. The number of rotatable bonds is 6. The zero-order chi connectivity index (χ0) is 17.8. The second kappa shape index (κ2) is 8.62. The second-order valence-corrected chi connectivity index (χ2v) is 7.98. The standard InChI is InChI=1S/C19H35N5O/c1-16(13-24-8-10-25-11-9-24)22(3)14-17-6-5-7-21(2)19(17)18-12-20-23(4)15-18/h12,15-17,19H,5-11,13-14H2,1-4H3/t16-,17-,19+/m0/s1. The van der Waals surface area contributed by atoms with Gasteiger partial charge in [-0.05, 0) is 46.3 Å². The van der Waals surface area contributed by atoms with Crippen LogP contribution in [-0.2, 0) is 11.8 Å². The molecule has 0 bridgehead atoms. The van der Waals surface area contributed by atoms with E-state index in [0.717, 1.165) is 39.4 Å². The molecule has 0 aliphatic carbocycles. The molecule has 3 rings (SSSR count).